The van der Waals surface area contributed by atoms with Gasteiger partial charge in [-0.2, -0.15) is 4.31 Å². The van der Waals surface area contributed by atoms with Crippen molar-refractivity contribution in [3.05, 3.63) is 29.8 Å². The molecule has 5 heteroatoms. The van der Waals surface area contributed by atoms with E-state index in [0.717, 1.165) is 12.8 Å². The topological polar surface area (TPSA) is 57.6 Å². The van der Waals surface area contributed by atoms with E-state index in [1.54, 1.807) is 38.2 Å². The van der Waals surface area contributed by atoms with Crippen LogP contribution < -0.4 is 0 Å². The van der Waals surface area contributed by atoms with Crippen LogP contribution >= 0.6 is 0 Å². The molecule has 1 aliphatic rings. The molecule has 1 N–H and O–H groups in total. The van der Waals surface area contributed by atoms with Gasteiger partial charge >= 0.3 is 0 Å². The second-order valence-electron chi connectivity index (χ2n) is 4.97. The molecule has 100 valence electrons. The Kier molecular flexibility index (Phi) is 3.64. The molecule has 0 bridgehead atoms. The predicted molar refractivity (Wildman–Crippen MR) is 70.8 cm³/mol. The maximum absolute atomic E-state index is 12.2. The van der Waals surface area contributed by atoms with Crippen LogP contribution in [0.5, 0.6) is 5.75 Å². The molecule has 0 amide bonds. The van der Waals surface area contributed by atoms with Crippen LogP contribution in [0.3, 0.4) is 0 Å². The maximum Gasteiger partial charge on any atom is 0.214 e. The number of phenols is 1. The summed E-state index contributed by atoms with van der Waals surface area (Å²) in [5.74, 6) is 0.689. The van der Waals surface area contributed by atoms with E-state index in [0.29, 0.717) is 11.5 Å². The van der Waals surface area contributed by atoms with Gasteiger partial charge in [0, 0.05) is 12.6 Å². The fourth-order valence-electron chi connectivity index (χ4n) is 1.98. The summed E-state index contributed by atoms with van der Waals surface area (Å²) in [4.78, 5) is 0. The van der Waals surface area contributed by atoms with Gasteiger partial charge in [-0.25, -0.2) is 8.42 Å². The number of benzene rings is 1. The summed E-state index contributed by atoms with van der Waals surface area (Å²) in [6, 6.07) is 6.50. The number of hydrogen-bond donors (Lipinski definition) is 1. The Bertz CT molecular complexity index is 523. The SMILES string of the molecule is CC(c1ccccc1O)N(C)S(=O)(=O)CC1CC1. The van der Waals surface area contributed by atoms with Gasteiger partial charge in [0.15, 0.2) is 0 Å². The Labute approximate surface area is 108 Å². The van der Waals surface area contributed by atoms with Gasteiger partial charge in [0.05, 0.1) is 11.8 Å². The van der Waals surface area contributed by atoms with Gasteiger partial charge in [0.2, 0.25) is 10.0 Å². The molecule has 2 rings (SSSR count). The molecular weight excluding hydrogens is 250 g/mol. The molecule has 1 fully saturated rings. The number of para-hydroxylation sites is 1. The molecule has 0 heterocycles. The Morgan fingerprint density at radius 3 is 2.56 bits per heavy atom. The van der Waals surface area contributed by atoms with Gasteiger partial charge in [-0.05, 0) is 31.7 Å². The Balaban J connectivity index is 2.17. The molecule has 1 atom stereocenters. The van der Waals surface area contributed by atoms with Gasteiger partial charge in [-0.15, -0.1) is 0 Å². The fraction of sp³-hybridized carbons (Fsp3) is 0.538. The molecule has 4 nitrogen and oxygen atoms in total. The molecule has 0 radical (unpaired) electrons. The first-order valence-corrected chi connectivity index (χ1v) is 7.76. The summed E-state index contributed by atoms with van der Waals surface area (Å²) in [5, 5.41) is 9.77. The van der Waals surface area contributed by atoms with E-state index in [4.69, 9.17) is 0 Å². The highest BCUT2D eigenvalue weighted by molar-refractivity contribution is 7.89. The van der Waals surface area contributed by atoms with Crippen LogP contribution in [-0.2, 0) is 10.0 Å². The molecule has 0 saturated heterocycles. The zero-order chi connectivity index (χ0) is 13.3. The standard InChI is InChI=1S/C13H19NO3S/c1-10(12-5-3-4-6-13(12)15)14(2)18(16,17)9-11-7-8-11/h3-6,10-11,15H,7-9H2,1-2H3. The summed E-state index contributed by atoms with van der Waals surface area (Å²) in [6.07, 6.45) is 2.02. The number of aromatic hydroxyl groups is 1. The third kappa shape index (κ3) is 2.84. The smallest absolute Gasteiger partial charge is 0.214 e. The van der Waals surface area contributed by atoms with E-state index >= 15 is 0 Å². The quantitative estimate of drug-likeness (QED) is 0.890. The van der Waals surface area contributed by atoms with E-state index < -0.39 is 10.0 Å². The second kappa shape index (κ2) is 4.90. The van der Waals surface area contributed by atoms with Crippen LogP contribution in [0.4, 0.5) is 0 Å². The first-order chi connectivity index (χ1) is 8.42. The van der Waals surface area contributed by atoms with Crippen LogP contribution in [0, 0.1) is 5.92 Å². The Morgan fingerprint density at radius 1 is 1.39 bits per heavy atom. The number of rotatable bonds is 5. The van der Waals surface area contributed by atoms with Crippen molar-refractivity contribution in [2.45, 2.75) is 25.8 Å². The van der Waals surface area contributed by atoms with Crippen LogP contribution in [0.15, 0.2) is 24.3 Å². The van der Waals surface area contributed by atoms with Gasteiger partial charge in [-0.1, -0.05) is 18.2 Å². The van der Waals surface area contributed by atoms with Crippen molar-refractivity contribution >= 4 is 10.0 Å². The number of nitrogens with zero attached hydrogens (tertiary/aromatic N) is 1. The largest absolute Gasteiger partial charge is 0.508 e. The van der Waals surface area contributed by atoms with Gasteiger partial charge in [0.25, 0.3) is 0 Å². The van der Waals surface area contributed by atoms with E-state index in [2.05, 4.69) is 0 Å². The third-order valence-corrected chi connectivity index (χ3v) is 5.60. The highest BCUT2D eigenvalue weighted by atomic mass is 32.2. The molecule has 1 unspecified atom stereocenters. The first kappa shape index (κ1) is 13.4. The van der Waals surface area contributed by atoms with Gasteiger partial charge in [-0.3, -0.25) is 0 Å². The van der Waals surface area contributed by atoms with Gasteiger partial charge in [0.1, 0.15) is 5.75 Å². The lowest BCUT2D eigenvalue weighted by atomic mass is 10.1. The van der Waals surface area contributed by atoms with E-state index in [1.807, 2.05) is 0 Å². The molecule has 18 heavy (non-hydrogen) atoms. The van der Waals surface area contributed by atoms with Crippen LogP contribution in [0.1, 0.15) is 31.4 Å². The second-order valence-corrected chi connectivity index (χ2v) is 7.05. The highest BCUT2D eigenvalue weighted by Gasteiger charge is 2.33. The fourth-order valence-corrected chi connectivity index (χ4v) is 3.74. The minimum Gasteiger partial charge on any atom is -0.508 e. The van der Waals surface area contributed by atoms with Crippen molar-refractivity contribution in [2.24, 2.45) is 5.92 Å². The van der Waals surface area contributed by atoms with Crippen molar-refractivity contribution in [3.8, 4) is 5.75 Å². The van der Waals surface area contributed by atoms with Crippen LogP contribution in [0.25, 0.3) is 0 Å². The van der Waals surface area contributed by atoms with Crippen molar-refractivity contribution < 1.29 is 13.5 Å². The molecule has 0 aromatic heterocycles. The summed E-state index contributed by atoms with van der Waals surface area (Å²) in [6.45, 7) is 1.79. The minimum atomic E-state index is -3.24. The Hall–Kier alpha value is -1.07. The minimum absolute atomic E-state index is 0.137. The zero-order valence-electron chi connectivity index (χ0n) is 10.7. The maximum atomic E-state index is 12.2. The average molecular weight is 269 g/mol. The normalized spacial score (nSPS) is 17.9. The monoisotopic (exact) mass is 269 g/mol. The average Bonchev–Trinajstić information content (AvgIpc) is 3.11. The summed E-state index contributed by atoms with van der Waals surface area (Å²) in [5.41, 5.74) is 0.638. The molecule has 1 saturated carbocycles. The summed E-state index contributed by atoms with van der Waals surface area (Å²) >= 11 is 0. The zero-order valence-corrected chi connectivity index (χ0v) is 11.5. The molecular formula is C13H19NO3S. The first-order valence-electron chi connectivity index (χ1n) is 6.15. The Morgan fingerprint density at radius 2 is 2.00 bits per heavy atom. The number of phenolic OH excluding ortho intramolecular Hbond substituents is 1. The number of hydrogen-bond acceptors (Lipinski definition) is 3. The molecule has 0 aliphatic heterocycles. The van der Waals surface area contributed by atoms with Crippen LogP contribution in [0.2, 0.25) is 0 Å². The molecule has 1 aromatic carbocycles. The van der Waals surface area contributed by atoms with E-state index in [1.165, 1.54) is 4.31 Å². The number of sulfonamides is 1. The van der Waals surface area contributed by atoms with Crippen molar-refractivity contribution in [3.63, 3.8) is 0 Å². The van der Waals surface area contributed by atoms with Crippen molar-refractivity contribution in [2.75, 3.05) is 12.8 Å². The molecule has 1 aromatic rings. The van der Waals surface area contributed by atoms with Crippen LogP contribution in [-0.4, -0.2) is 30.6 Å². The lowest BCUT2D eigenvalue weighted by molar-refractivity contribution is 0.380. The lowest BCUT2D eigenvalue weighted by Gasteiger charge is -2.25. The summed E-state index contributed by atoms with van der Waals surface area (Å²) < 4.78 is 25.7. The van der Waals surface area contributed by atoms with Crippen molar-refractivity contribution in [1.29, 1.82) is 0 Å². The van der Waals surface area contributed by atoms with Gasteiger partial charge < -0.3 is 5.11 Å². The highest BCUT2D eigenvalue weighted by Crippen LogP contribution is 2.34. The lowest BCUT2D eigenvalue weighted by Crippen LogP contribution is -2.32. The predicted octanol–water partition coefficient (Wildman–Crippen LogP) is 2.12. The third-order valence-electron chi connectivity index (χ3n) is 3.51. The van der Waals surface area contributed by atoms with E-state index in [9.17, 15) is 13.5 Å². The molecule has 1 aliphatic carbocycles. The van der Waals surface area contributed by atoms with E-state index in [-0.39, 0.29) is 17.5 Å². The molecule has 0 spiro atoms. The van der Waals surface area contributed by atoms with Crippen molar-refractivity contribution in [1.82, 2.24) is 4.31 Å². The summed E-state index contributed by atoms with van der Waals surface area (Å²) in [7, 11) is -1.66.